The summed E-state index contributed by atoms with van der Waals surface area (Å²) in [7, 11) is 1.69. The summed E-state index contributed by atoms with van der Waals surface area (Å²) in [5.74, 6) is 0.893. The third-order valence-corrected chi connectivity index (χ3v) is 3.45. The second kappa shape index (κ2) is 5.66. The number of halogens is 1. The van der Waals surface area contributed by atoms with Crippen molar-refractivity contribution in [2.45, 2.75) is 6.54 Å². The molecule has 1 heterocycles. The van der Waals surface area contributed by atoms with Gasteiger partial charge in [0.2, 0.25) is 0 Å². The van der Waals surface area contributed by atoms with Crippen molar-refractivity contribution in [3.05, 3.63) is 28.2 Å². The van der Waals surface area contributed by atoms with Crippen LogP contribution in [0.2, 0.25) is 0 Å². The van der Waals surface area contributed by atoms with Crippen molar-refractivity contribution in [3.8, 4) is 5.75 Å². The lowest BCUT2D eigenvalue weighted by atomic mass is 10.2. The maximum atomic E-state index is 5.22. The molecule has 2 rings (SSSR count). The molecule has 16 heavy (non-hydrogen) atoms. The highest BCUT2D eigenvalue weighted by Crippen LogP contribution is 2.26. The predicted molar refractivity (Wildman–Crippen MR) is 68.8 cm³/mol. The molecule has 0 aliphatic carbocycles. The van der Waals surface area contributed by atoms with Gasteiger partial charge < -0.3 is 10.1 Å². The van der Waals surface area contributed by atoms with E-state index in [1.807, 2.05) is 6.07 Å². The van der Waals surface area contributed by atoms with Gasteiger partial charge in [-0.15, -0.1) is 0 Å². The molecule has 0 unspecified atom stereocenters. The summed E-state index contributed by atoms with van der Waals surface area (Å²) in [6.45, 7) is 5.46. The minimum Gasteiger partial charge on any atom is -0.496 e. The van der Waals surface area contributed by atoms with Gasteiger partial charge in [-0.25, -0.2) is 0 Å². The molecule has 0 spiro atoms. The van der Waals surface area contributed by atoms with Gasteiger partial charge in [0, 0.05) is 32.7 Å². The topological polar surface area (TPSA) is 24.5 Å². The summed E-state index contributed by atoms with van der Waals surface area (Å²) in [6.07, 6.45) is 0. The zero-order valence-corrected chi connectivity index (χ0v) is 11.1. The Hall–Kier alpha value is -0.580. The van der Waals surface area contributed by atoms with E-state index in [4.69, 9.17) is 4.74 Å². The van der Waals surface area contributed by atoms with E-state index in [0.717, 1.165) is 42.9 Å². The molecule has 0 aromatic heterocycles. The standard InChI is InChI=1S/C12H17BrN2O/c1-16-12-3-2-10(8-11(12)13)9-15-6-4-14-5-7-15/h2-3,8,14H,4-7,9H2,1H3. The van der Waals surface area contributed by atoms with Crippen molar-refractivity contribution in [2.24, 2.45) is 0 Å². The summed E-state index contributed by atoms with van der Waals surface area (Å²) in [5.41, 5.74) is 1.33. The van der Waals surface area contributed by atoms with Gasteiger partial charge in [-0.3, -0.25) is 4.90 Å². The SMILES string of the molecule is COc1ccc(CN2CCNCC2)cc1Br. The van der Waals surface area contributed by atoms with Gasteiger partial charge in [0.05, 0.1) is 11.6 Å². The van der Waals surface area contributed by atoms with Crippen LogP contribution in [0.5, 0.6) is 5.75 Å². The van der Waals surface area contributed by atoms with Crippen molar-refractivity contribution < 1.29 is 4.74 Å². The molecule has 3 nitrogen and oxygen atoms in total. The number of hydrogen-bond donors (Lipinski definition) is 1. The molecule has 4 heteroatoms. The van der Waals surface area contributed by atoms with E-state index in [9.17, 15) is 0 Å². The molecule has 0 bridgehead atoms. The van der Waals surface area contributed by atoms with Crippen LogP contribution in [0, 0.1) is 0 Å². The van der Waals surface area contributed by atoms with Crippen LogP contribution in [0.15, 0.2) is 22.7 Å². The Morgan fingerprint density at radius 3 is 2.75 bits per heavy atom. The molecular weight excluding hydrogens is 268 g/mol. The summed E-state index contributed by atoms with van der Waals surface area (Å²) in [4.78, 5) is 2.46. The lowest BCUT2D eigenvalue weighted by Crippen LogP contribution is -2.42. The first kappa shape index (κ1) is 11.9. The molecule has 0 radical (unpaired) electrons. The van der Waals surface area contributed by atoms with E-state index in [0.29, 0.717) is 0 Å². The number of rotatable bonds is 3. The molecule has 1 fully saturated rings. The number of methoxy groups -OCH3 is 1. The van der Waals surface area contributed by atoms with Crippen molar-refractivity contribution in [2.75, 3.05) is 33.3 Å². The fourth-order valence-corrected chi connectivity index (χ4v) is 2.52. The number of nitrogens with zero attached hydrogens (tertiary/aromatic N) is 1. The molecule has 1 aliphatic heterocycles. The van der Waals surface area contributed by atoms with Crippen LogP contribution in [0.1, 0.15) is 5.56 Å². The lowest BCUT2D eigenvalue weighted by molar-refractivity contribution is 0.233. The lowest BCUT2D eigenvalue weighted by Gasteiger charge is -2.27. The molecule has 0 saturated carbocycles. The molecule has 1 N–H and O–H groups in total. The molecule has 1 aliphatic rings. The Balaban J connectivity index is 2.01. The highest BCUT2D eigenvalue weighted by Gasteiger charge is 2.10. The number of hydrogen-bond acceptors (Lipinski definition) is 3. The summed E-state index contributed by atoms with van der Waals surface area (Å²) in [5, 5.41) is 3.36. The third kappa shape index (κ3) is 2.97. The zero-order chi connectivity index (χ0) is 11.4. The Morgan fingerprint density at radius 1 is 1.38 bits per heavy atom. The highest BCUT2D eigenvalue weighted by molar-refractivity contribution is 9.10. The highest BCUT2D eigenvalue weighted by atomic mass is 79.9. The minimum absolute atomic E-state index is 0.893. The van der Waals surface area contributed by atoms with Crippen LogP contribution in [-0.2, 0) is 6.54 Å². The Bertz CT molecular complexity index is 351. The van der Waals surface area contributed by atoms with Crippen molar-refractivity contribution in [1.82, 2.24) is 10.2 Å². The fourth-order valence-electron chi connectivity index (χ4n) is 1.94. The summed E-state index contributed by atoms with van der Waals surface area (Å²) in [6, 6.07) is 6.29. The second-order valence-corrected chi connectivity index (χ2v) is 4.85. The maximum Gasteiger partial charge on any atom is 0.133 e. The number of piperazine rings is 1. The first-order valence-electron chi connectivity index (χ1n) is 5.55. The van der Waals surface area contributed by atoms with Crippen LogP contribution >= 0.6 is 15.9 Å². The van der Waals surface area contributed by atoms with E-state index in [1.54, 1.807) is 7.11 Å². The Kier molecular flexibility index (Phi) is 4.21. The van der Waals surface area contributed by atoms with Gasteiger partial charge in [-0.2, -0.15) is 0 Å². The average Bonchev–Trinajstić information content (AvgIpc) is 2.31. The van der Waals surface area contributed by atoms with Crippen LogP contribution in [0.3, 0.4) is 0 Å². The predicted octanol–water partition coefficient (Wildman–Crippen LogP) is 1.86. The van der Waals surface area contributed by atoms with Crippen LogP contribution in [0.25, 0.3) is 0 Å². The van der Waals surface area contributed by atoms with Gasteiger partial charge in [0.15, 0.2) is 0 Å². The first-order chi connectivity index (χ1) is 7.79. The van der Waals surface area contributed by atoms with E-state index < -0.39 is 0 Å². The van der Waals surface area contributed by atoms with Gasteiger partial charge in [-0.1, -0.05) is 6.07 Å². The van der Waals surface area contributed by atoms with Crippen LogP contribution < -0.4 is 10.1 Å². The average molecular weight is 285 g/mol. The first-order valence-corrected chi connectivity index (χ1v) is 6.34. The fraction of sp³-hybridized carbons (Fsp3) is 0.500. The molecule has 0 atom stereocenters. The van der Waals surface area contributed by atoms with Crippen molar-refractivity contribution >= 4 is 15.9 Å². The molecule has 1 aromatic carbocycles. The summed E-state index contributed by atoms with van der Waals surface area (Å²) >= 11 is 3.52. The van der Waals surface area contributed by atoms with Gasteiger partial charge in [0.1, 0.15) is 5.75 Å². The largest absolute Gasteiger partial charge is 0.496 e. The molecule has 88 valence electrons. The third-order valence-electron chi connectivity index (χ3n) is 2.83. The van der Waals surface area contributed by atoms with E-state index in [1.165, 1.54) is 5.56 Å². The quantitative estimate of drug-likeness (QED) is 0.917. The van der Waals surface area contributed by atoms with E-state index in [-0.39, 0.29) is 0 Å². The molecule has 1 aromatic rings. The Morgan fingerprint density at radius 2 is 2.12 bits per heavy atom. The van der Waals surface area contributed by atoms with Crippen LogP contribution in [-0.4, -0.2) is 38.2 Å². The molecular formula is C12H17BrN2O. The second-order valence-electron chi connectivity index (χ2n) is 4.00. The summed E-state index contributed by atoms with van der Waals surface area (Å²) < 4.78 is 6.25. The number of nitrogens with one attached hydrogen (secondary N) is 1. The number of ether oxygens (including phenoxy) is 1. The normalized spacial score (nSPS) is 17.4. The maximum absolute atomic E-state index is 5.22. The zero-order valence-electron chi connectivity index (χ0n) is 9.50. The van der Waals surface area contributed by atoms with E-state index >= 15 is 0 Å². The van der Waals surface area contributed by atoms with E-state index in [2.05, 4.69) is 38.3 Å². The molecule has 1 saturated heterocycles. The van der Waals surface area contributed by atoms with Crippen molar-refractivity contribution in [3.63, 3.8) is 0 Å². The van der Waals surface area contributed by atoms with Gasteiger partial charge in [0.25, 0.3) is 0 Å². The van der Waals surface area contributed by atoms with Gasteiger partial charge in [-0.05, 0) is 33.6 Å². The van der Waals surface area contributed by atoms with Gasteiger partial charge >= 0.3 is 0 Å². The van der Waals surface area contributed by atoms with Crippen LogP contribution in [0.4, 0.5) is 0 Å². The van der Waals surface area contributed by atoms with Crippen molar-refractivity contribution in [1.29, 1.82) is 0 Å². The smallest absolute Gasteiger partial charge is 0.133 e. The Labute approximate surface area is 105 Å². The minimum atomic E-state index is 0.893. The molecule has 0 amide bonds. The monoisotopic (exact) mass is 284 g/mol. The number of benzene rings is 1.